The highest BCUT2D eigenvalue weighted by molar-refractivity contribution is 7.90. The smallest absolute Gasteiger partial charge is 0.355 e. The van der Waals surface area contributed by atoms with E-state index in [0.29, 0.717) is 5.56 Å². The number of halogens is 2. The molecule has 10 nitrogen and oxygen atoms in total. The molecule has 5 rings (SSSR count). The van der Waals surface area contributed by atoms with Gasteiger partial charge in [-0.05, 0) is 56.7 Å². The van der Waals surface area contributed by atoms with E-state index in [1.807, 2.05) is 13.8 Å². The van der Waals surface area contributed by atoms with Gasteiger partial charge in [0.2, 0.25) is 5.91 Å². The van der Waals surface area contributed by atoms with Gasteiger partial charge in [-0.2, -0.15) is 4.98 Å². The van der Waals surface area contributed by atoms with Gasteiger partial charge in [0.05, 0.1) is 21.5 Å². The SMILES string of the molecule is C=CC(=O)N1C[C@@H](C)N(c2nc(=O)n(-c3c(C)cccc3S(C)(=O)=O)c3nc(-c4c(O)cccc4F)c(F)cc23)[C@@H](C)C1. The Bertz CT molecular complexity index is 1950. The Kier molecular flexibility index (Phi) is 7.55. The molecule has 0 radical (unpaired) electrons. The number of phenolic OH excluding ortho intramolecular Hbond substituents is 1. The van der Waals surface area contributed by atoms with Gasteiger partial charge < -0.3 is 14.9 Å². The van der Waals surface area contributed by atoms with E-state index in [9.17, 15) is 27.5 Å². The summed E-state index contributed by atoms with van der Waals surface area (Å²) in [6, 6.07) is 8.17. The van der Waals surface area contributed by atoms with Gasteiger partial charge in [-0.25, -0.2) is 31.5 Å². The fraction of sp³-hybridized carbons (Fsp3) is 0.267. The third-order valence-corrected chi connectivity index (χ3v) is 8.63. The van der Waals surface area contributed by atoms with Crippen molar-refractivity contribution in [2.45, 2.75) is 37.8 Å². The molecule has 1 fully saturated rings. The van der Waals surface area contributed by atoms with Gasteiger partial charge in [0.15, 0.2) is 21.3 Å². The molecule has 0 spiro atoms. The minimum Gasteiger partial charge on any atom is -0.507 e. The molecule has 0 bridgehead atoms. The lowest BCUT2D eigenvalue weighted by atomic mass is 10.1. The minimum atomic E-state index is -3.88. The maximum absolute atomic E-state index is 15.9. The molecule has 13 heteroatoms. The summed E-state index contributed by atoms with van der Waals surface area (Å²) in [6.45, 7) is 9.29. The van der Waals surface area contributed by atoms with Crippen molar-refractivity contribution in [1.82, 2.24) is 19.4 Å². The van der Waals surface area contributed by atoms with Crippen LogP contribution in [0.15, 0.2) is 64.8 Å². The highest BCUT2D eigenvalue weighted by Gasteiger charge is 2.35. The third kappa shape index (κ3) is 5.13. The molecule has 1 aliphatic rings. The summed E-state index contributed by atoms with van der Waals surface area (Å²) >= 11 is 0. The number of rotatable bonds is 5. The van der Waals surface area contributed by atoms with Crippen molar-refractivity contribution in [2.24, 2.45) is 0 Å². The predicted octanol–water partition coefficient (Wildman–Crippen LogP) is 3.76. The fourth-order valence-electron chi connectivity index (χ4n) is 5.69. The molecule has 2 aromatic heterocycles. The number of amides is 1. The molecule has 43 heavy (non-hydrogen) atoms. The molecule has 0 unspecified atom stereocenters. The van der Waals surface area contributed by atoms with E-state index in [4.69, 9.17) is 0 Å². The number of hydrogen-bond donors (Lipinski definition) is 1. The number of benzene rings is 2. The molecule has 0 aliphatic carbocycles. The van der Waals surface area contributed by atoms with Crippen LogP contribution in [0.3, 0.4) is 0 Å². The summed E-state index contributed by atoms with van der Waals surface area (Å²) in [5.74, 6) is -2.73. The molecule has 224 valence electrons. The van der Waals surface area contributed by atoms with Gasteiger partial charge in [0.25, 0.3) is 0 Å². The number of aromatic hydroxyl groups is 1. The number of carbonyl (C=O) groups excluding carboxylic acids is 1. The van der Waals surface area contributed by atoms with Crippen LogP contribution >= 0.6 is 0 Å². The number of nitrogens with zero attached hydrogens (tertiary/aromatic N) is 5. The van der Waals surface area contributed by atoms with E-state index >= 15 is 4.39 Å². The molecule has 1 amide bonds. The van der Waals surface area contributed by atoms with Crippen molar-refractivity contribution >= 4 is 32.6 Å². The van der Waals surface area contributed by atoms with Gasteiger partial charge in [0, 0.05) is 31.4 Å². The summed E-state index contributed by atoms with van der Waals surface area (Å²) in [7, 11) is -3.88. The summed E-state index contributed by atoms with van der Waals surface area (Å²) in [4.78, 5) is 38.2. The zero-order chi connectivity index (χ0) is 31.4. The van der Waals surface area contributed by atoms with Gasteiger partial charge in [-0.15, -0.1) is 0 Å². The zero-order valence-corrected chi connectivity index (χ0v) is 24.7. The monoisotopic (exact) mass is 609 g/mol. The van der Waals surface area contributed by atoms with Gasteiger partial charge in [0.1, 0.15) is 23.1 Å². The van der Waals surface area contributed by atoms with Crippen LogP contribution in [0.5, 0.6) is 5.75 Å². The molecule has 1 aliphatic heterocycles. The lowest BCUT2D eigenvalue weighted by Crippen LogP contribution is -2.58. The van der Waals surface area contributed by atoms with Crippen molar-refractivity contribution in [3.63, 3.8) is 0 Å². The van der Waals surface area contributed by atoms with Crippen molar-refractivity contribution in [1.29, 1.82) is 0 Å². The number of aromatic nitrogens is 3. The molecule has 2 aromatic carbocycles. The number of sulfone groups is 1. The minimum absolute atomic E-state index is 0.0376. The molecular formula is C30H29F2N5O5S. The topological polar surface area (TPSA) is 126 Å². The van der Waals surface area contributed by atoms with Crippen molar-refractivity contribution in [2.75, 3.05) is 24.2 Å². The molecule has 2 atom stereocenters. The lowest BCUT2D eigenvalue weighted by molar-refractivity contribution is -0.127. The first-order valence-electron chi connectivity index (χ1n) is 13.4. The second kappa shape index (κ2) is 10.9. The Labute approximate surface area is 246 Å². The van der Waals surface area contributed by atoms with E-state index < -0.39 is 44.2 Å². The highest BCUT2D eigenvalue weighted by atomic mass is 32.2. The number of fused-ring (bicyclic) bond motifs is 1. The number of aryl methyl sites for hydroxylation is 1. The molecule has 1 saturated heterocycles. The van der Waals surface area contributed by atoms with Crippen LogP contribution in [0.1, 0.15) is 19.4 Å². The summed E-state index contributed by atoms with van der Waals surface area (Å²) in [6.07, 6.45) is 2.20. The summed E-state index contributed by atoms with van der Waals surface area (Å²) < 4.78 is 57.4. The second-order valence-corrected chi connectivity index (χ2v) is 12.6. The Morgan fingerprint density at radius 3 is 2.33 bits per heavy atom. The average molecular weight is 610 g/mol. The lowest BCUT2D eigenvalue weighted by Gasteiger charge is -2.45. The van der Waals surface area contributed by atoms with Crippen molar-refractivity contribution in [3.05, 3.63) is 82.8 Å². The van der Waals surface area contributed by atoms with Crippen LogP contribution in [0, 0.1) is 18.6 Å². The summed E-state index contributed by atoms with van der Waals surface area (Å²) in [5.41, 5.74) is -1.85. The van der Waals surface area contributed by atoms with E-state index in [2.05, 4.69) is 16.5 Å². The first-order valence-corrected chi connectivity index (χ1v) is 15.2. The quantitative estimate of drug-likeness (QED) is 0.339. The highest BCUT2D eigenvalue weighted by Crippen LogP contribution is 2.37. The maximum Gasteiger partial charge on any atom is 0.355 e. The first kappa shape index (κ1) is 29.8. The Balaban J connectivity index is 1.89. The number of anilines is 1. The zero-order valence-electron chi connectivity index (χ0n) is 23.9. The van der Waals surface area contributed by atoms with Crippen LogP contribution < -0.4 is 10.6 Å². The molecular weight excluding hydrogens is 580 g/mol. The van der Waals surface area contributed by atoms with Crippen LogP contribution in [0.4, 0.5) is 14.6 Å². The number of para-hydroxylation sites is 1. The van der Waals surface area contributed by atoms with Crippen LogP contribution in [-0.2, 0) is 14.6 Å². The van der Waals surface area contributed by atoms with E-state index in [1.165, 1.54) is 30.3 Å². The number of hydrogen-bond acceptors (Lipinski definition) is 8. The second-order valence-electron chi connectivity index (χ2n) is 10.6. The number of piperazine rings is 1. The molecule has 3 heterocycles. The number of phenols is 1. The fourth-order valence-corrected chi connectivity index (χ4v) is 6.62. The van der Waals surface area contributed by atoms with Crippen LogP contribution in [0.2, 0.25) is 0 Å². The van der Waals surface area contributed by atoms with Crippen LogP contribution in [0.25, 0.3) is 28.0 Å². The normalized spacial score (nSPS) is 17.3. The Hall–Kier alpha value is -4.65. The summed E-state index contributed by atoms with van der Waals surface area (Å²) in [5, 5.41) is 10.5. The van der Waals surface area contributed by atoms with Crippen LogP contribution in [-0.4, -0.2) is 70.3 Å². The standard InChI is InChI=1S/C30H29F2N5O5S/c1-6-24(39)35-14-17(3)36(18(4)15-35)29-19-13-21(32)26(25-20(31)10-8-11-22(25)38)33-28(19)37(30(40)34-29)27-16(2)9-7-12-23(27)43(5,41)42/h6-13,17-18,38H,1,14-15H2,2-5H3/t17-,18+. The van der Waals surface area contributed by atoms with E-state index in [0.717, 1.165) is 23.0 Å². The molecule has 0 saturated carbocycles. The van der Waals surface area contributed by atoms with Crippen molar-refractivity contribution < 1.29 is 27.1 Å². The molecule has 4 aromatic rings. The Morgan fingerprint density at radius 2 is 1.72 bits per heavy atom. The van der Waals surface area contributed by atoms with Gasteiger partial charge >= 0.3 is 5.69 Å². The largest absolute Gasteiger partial charge is 0.507 e. The first-order chi connectivity index (χ1) is 20.2. The van der Waals surface area contributed by atoms with Gasteiger partial charge in [-0.1, -0.05) is 24.8 Å². The third-order valence-electron chi connectivity index (χ3n) is 7.50. The number of carbonyl (C=O) groups is 1. The number of pyridine rings is 1. The molecule has 1 N–H and O–H groups in total. The van der Waals surface area contributed by atoms with Crippen molar-refractivity contribution in [3.8, 4) is 22.7 Å². The predicted molar refractivity (Wildman–Crippen MR) is 158 cm³/mol. The van der Waals surface area contributed by atoms with E-state index in [-0.39, 0.29) is 58.5 Å². The maximum atomic E-state index is 15.9. The Morgan fingerprint density at radius 1 is 1.07 bits per heavy atom. The van der Waals surface area contributed by atoms with Gasteiger partial charge in [-0.3, -0.25) is 4.79 Å². The average Bonchev–Trinajstić information content (AvgIpc) is 2.92. The van der Waals surface area contributed by atoms with E-state index in [1.54, 1.807) is 22.8 Å².